The SMILES string of the molecule is N#CCCn1ncc2c([nH]c3ccccc32)c1=O. The summed E-state index contributed by atoms with van der Waals surface area (Å²) in [4.78, 5) is 15.3. The molecule has 0 saturated carbocycles. The van der Waals surface area contributed by atoms with Crippen LogP contribution >= 0.6 is 0 Å². The summed E-state index contributed by atoms with van der Waals surface area (Å²) in [7, 11) is 0. The maximum absolute atomic E-state index is 12.2. The summed E-state index contributed by atoms with van der Waals surface area (Å²) in [5, 5.41) is 14.5. The fraction of sp³-hybridized carbons (Fsp3) is 0.154. The summed E-state index contributed by atoms with van der Waals surface area (Å²) in [5.74, 6) is 0. The molecule has 0 unspecified atom stereocenters. The third-order valence-corrected chi connectivity index (χ3v) is 2.96. The summed E-state index contributed by atoms with van der Waals surface area (Å²) in [6.07, 6.45) is 1.95. The van der Waals surface area contributed by atoms with Crippen molar-refractivity contribution in [2.75, 3.05) is 0 Å². The molecule has 5 heteroatoms. The third-order valence-electron chi connectivity index (χ3n) is 2.96. The molecule has 0 saturated heterocycles. The number of para-hydroxylation sites is 1. The Labute approximate surface area is 102 Å². The summed E-state index contributed by atoms with van der Waals surface area (Å²) >= 11 is 0. The van der Waals surface area contributed by atoms with Gasteiger partial charge in [0.15, 0.2) is 0 Å². The minimum absolute atomic E-state index is 0.182. The van der Waals surface area contributed by atoms with Gasteiger partial charge in [-0.15, -0.1) is 0 Å². The van der Waals surface area contributed by atoms with Crippen molar-refractivity contribution in [3.8, 4) is 6.07 Å². The van der Waals surface area contributed by atoms with Crippen LogP contribution in [0.15, 0.2) is 35.3 Å². The van der Waals surface area contributed by atoms with Crippen molar-refractivity contribution >= 4 is 21.8 Å². The van der Waals surface area contributed by atoms with E-state index in [2.05, 4.69) is 10.1 Å². The number of benzene rings is 1. The maximum Gasteiger partial charge on any atom is 0.291 e. The van der Waals surface area contributed by atoms with Crippen LogP contribution in [0.5, 0.6) is 0 Å². The first-order valence-electron chi connectivity index (χ1n) is 5.65. The molecule has 3 aromatic rings. The zero-order chi connectivity index (χ0) is 12.5. The Morgan fingerprint density at radius 3 is 3.00 bits per heavy atom. The Morgan fingerprint density at radius 1 is 1.33 bits per heavy atom. The van der Waals surface area contributed by atoms with Crippen LogP contribution in [-0.4, -0.2) is 14.8 Å². The van der Waals surface area contributed by atoms with E-state index >= 15 is 0 Å². The normalized spacial score (nSPS) is 10.8. The van der Waals surface area contributed by atoms with Crippen LogP contribution in [0.4, 0.5) is 0 Å². The first-order valence-corrected chi connectivity index (χ1v) is 5.65. The number of aromatic nitrogens is 3. The number of aromatic amines is 1. The summed E-state index contributed by atoms with van der Waals surface area (Å²) < 4.78 is 1.32. The maximum atomic E-state index is 12.2. The average molecular weight is 238 g/mol. The lowest BCUT2D eigenvalue weighted by atomic mass is 10.2. The van der Waals surface area contributed by atoms with Gasteiger partial charge in [0.05, 0.1) is 25.2 Å². The predicted molar refractivity (Wildman–Crippen MR) is 68.1 cm³/mol. The molecule has 1 N–H and O–H groups in total. The predicted octanol–water partition coefficient (Wildman–Crippen LogP) is 1.79. The smallest absolute Gasteiger partial charge is 0.291 e. The molecule has 3 rings (SSSR count). The van der Waals surface area contributed by atoms with Gasteiger partial charge >= 0.3 is 0 Å². The summed E-state index contributed by atoms with van der Waals surface area (Å²) in [6.45, 7) is 0.320. The number of fused-ring (bicyclic) bond motifs is 3. The zero-order valence-electron chi connectivity index (χ0n) is 9.55. The molecule has 88 valence electrons. The molecule has 0 bridgehead atoms. The first-order chi connectivity index (χ1) is 8.81. The van der Waals surface area contributed by atoms with Crippen molar-refractivity contribution in [3.05, 3.63) is 40.8 Å². The molecule has 0 aliphatic carbocycles. The molecule has 1 aromatic carbocycles. The first kappa shape index (κ1) is 10.5. The fourth-order valence-corrected chi connectivity index (χ4v) is 2.09. The van der Waals surface area contributed by atoms with Gasteiger partial charge in [-0.3, -0.25) is 4.79 Å². The molecule has 2 aromatic heterocycles. The molecular formula is C13H10N4O. The van der Waals surface area contributed by atoms with Gasteiger partial charge in [0.25, 0.3) is 5.56 Å². The van der Waals surface area contributed by atoms with Crippen LogP contribution in [-0.2, 0) is 6.54 Å². The van der Waals surface area contributed by atoms with Crippen molar-refractivity contribution in [2.45, 2.75) is 13.0 Å². The molecule has 2 heterocycles. The van der Waals surface area contributed by atoms with Crippen molar-refractivity contribution in [2.24, 2.45) is 0 Å². The Bertz CT molecular complexity index is 822. The van der Waals surface area contributed by atoms with Gasteiger partial charge in [-0.05, 0) is 6.07 Å². The highest BCUT2D eigenvalue weighted by Crippen LogP contribution is 2.21. The topological polar surface area (TPSA) is 74.5 Å². The van der Waals surface area contributed by atoms with Crippen LogP contribution in [0, 0.1) is 11.3 Å². The molecule has 18 heavy (non-hydrogen) atoms. The number of H-pyrrole nitrogens is 1. The molecular weight excluding hydrogens is 228 g/mol. The van der Waals surface area contributed by atoms with E-state index in [0.717, 1.165) is 16.3 Å². The van der Waals surface area contributed by atoms with E-state index < -0.39 is 0 Å². The standard InChI is InChI=1S/C13H10N4O/c14-6-3-7-17-13(18)12-10(8-15-17)9-4-1-2-5-11(9)16-12/h1-2,4-5,8,16H,3,7H2. The van der Waals surface area contributed by atoms with Gasteiger partial charge in [-0.25, -0.2) is 4.68 Å². The minimum atomic E-state index is -0.182. The van der Waals surface area contributed by atoms with Crippen LogP contribution in [0.1, 0.15) is 6.42 Å². The molecule has 0 radical (unpaired) electrons. The lowest BCUT2D eigenvalue weighted by Gasteiger charge is -2.00. The van der Waals surface area contributed by atoms with Gasteiger partial charge in [-0.1, -0.05) is 18.2 Å². The van der Waals surface area contributed by atoms with Crippen LogP contribution in [0.25, 0.3) is 21.8 Å². The Hall–Kier alpha value is -2.61. The van der Waals surface area contributed by atoms with Gasteiger partial charge in [0, 0.05) is 16.3 Å². The van der Waals surface area contributed by atoms with Crippen LogP contribution in [0.2, 0.25) is 0 Å². The molecule has 0 aliphatic heterocycles. The Morgan fingerprint density at radius 2 is 2.17 bits per heavy atom. The van der Waals surface area contributed by atoms with E-state index in [-0.39, 0.29) is 12.0 Å². The highest BCUT2D eigenvalue weighted by atomic mass is 16.1. The van der Waals surface area contributed by atoms with E-state index in [1.165, 1.54) is 4.68 Å². The highest BCUT2D eigenvalue weighted by Gasteiger charge is 2.09. The van der Waals surface area contributed by atoms with Crippen molar-refractivity contribution in [1.29, 1.82) is 5.26 Å². The third kappa shape index (κ3) is 1.47. The number of nitriles is 1. The molecule has 0 spiro atoms. The van der Waals surface area contributed by atoms with E-state index in [1.54, 1.807) is 6.20 Å². The van der Waals surface area contributed by atoms with Gasteiger partial charge in [0.2, 0.25) is 0 Å². The highest BCUT2D eigenvalue weighted by molar-refractivity contribution is 6.06. The second kappa shape index (κ2) is 4.00. The molecule has 5 nitrogen and oxygen atoms in total. The number of nitrogens with zero attached hydrogens (tertiary/aromatic N) is 3. The van der Waals surface area contributed by atoms with Crippen molar-refractivity contribution < 1.29 is 0 Å². The Kier molecular flexibility index (Phi) is 2.34. The molecule has 0 fully saturated rings. The van der Waals surface area contributed by atoms with E-state index in [9.17, 15) is 4.79 Å². The van der Waals surface area contributed by atoms with Crippen LogP contribution < -0.4 is 5.56 Å². The number of hydrogen-bond donors (Lipinski definition) is 1. The van der Waals surface area contributed by atoms with Crippen LogP contribution in [0.3, 0.4) is 0 Å². The molecule has 0 aliphatic rings. The van der Waals surface area contributed by atoms with Gasteiger partial charge in [-0.2, -0.15) is 10.4 Å². The quantitative estimate of drug-likeness (QED) is 0.739. The Balaban J connectivity index is 2.30. The second-order valence-corrected chi connectivity index (χ2v) is 4.04. The lowest BCUT2D eigenvalue weighted by Crippen LogP contribution is -2.22. The van der Waals surface area contributed by atoms with E-state index in [0.29, 0.717) is 12.1 Å². The van der Waals surface area contributed by atoms with E-state index in [1.807, 2.05) is 30.3 Å². The number of aryl methyl sites for hydroxylation is 1. The lowest BCUT2D eigenvalue weighted by molar-refractivity contribution is 0.595. The molecule has 0 amide bonds. The number of nitrogens with one attached hydrogen (secondary N) is 1. The summed E-state index contributed by atoms with van der Waals surface area (Å²) in [5.41, 5.74) is 1.28. The van der Waals surface area contributed by atoms with Crippen molar-refractivity contribution in [1.82, 2.24) is 14.8 Å². The van der Waals surface area contributed by atoms with Gasteiger partial charge in [0.1, 0.15) is 5.52 Å². The minimum Gasteiger partial charge on any atom is -0.350 e. The van der Waals surface area contributed by atoms with Gasteiger partial charge < -0.3 is 4.98 Å². The second-order valence-electron chi connectivity index (χ2n) is 4.04. The average Bonchev–Trinajstić information content (AvgIpc) is 2.78. The summed E-state index contributed by atoms with van der Waals surface area (Å²) in [6, 6.07) is 9.73. The zero-order valence-corrected chi connectivity index (χ0v) is 9.55. The van der Waals surface area contributed by atoms with Crippen molar-refractivity contribution in [3.63, 3.8) is 0 Å². The number of rotatable bonds is 2. The number of hydrogen-bond acceptors (Lipinski definition) is 3. The fourth-order valence-electron chi connectivity index (χ4n) is 2.09. The molecule has 0 atom stereocenters. The largest absolute Gasteiger partial charge is 0.350 e. The van der Waals surface area contributed by atoms with E-state index in [4.69, 9.17) is 5.26 Å². The monoisotopic (exact) mass is 238 g/mol.